The van der Waals surface area contributed by atoms with Crippen molar-refractivity contribution in [3.8, 4) is 0 Å². The molecule has 13 nitrogen and oxygen atoms in total. The first-order chi connectivity index (χ1) is 67.1. The van der Waals surface area contributed by atoms with Crippen LogP contribution in [0.25, 0.3) is 0 Å². The maximum absolute atomic E-state index is 13.8. The number of carboxylic acid groups (broad SMARTS) is 5. The highest BCUT2D eigenvalue weighted by molar-refractivity contribution is 7.98. The molecular formula is C119H102FIO13S6. The molecule has 140 heavy (non-hydrogen) atoms. The Kier molecular flexibility index (Phi) is 37.5. The predicted molar refractivity (Wildman–Crippen MR) is 543 cm³/mol. The Morgan fingerprint density at radius 1 is 0.236 bits per heavy atom. The van der Waals surface area contributed by atoms with Crippen molar-refractivity contribution in [1.29, 1.82) is 0 Å². The van der Waals surface area contributed by atoms with Crippen LogP contribution in [0.2, 0.25) is 0 Å². The lowest BCUT2D eigenvalue weighted by Crippen LogP contribution is -3.61. The SMILES string of the molecule is CC(C)(C)c1ccc([S+](c2ccc(C(C)(C)C)cc2)c2ccccc2C(=O)[O-])cc1.CC(C)(C)c1ccc([S+](c2ccccc2)c2ccccc2C(=O)[O-])cc1.O=C([O-])c1ccc(F)cc1[S+](c1ccccc1)c1ccccc1.O=C([O-])c1ccccc1[I+]c1ccccc1.O=C([O-])c1ccccc1[S+](c1ccccc1)c1ccccc1.O=S(=O)([O-])c1ccccc1[S+](c1ccccc1)c1ccccc1. The van der Waals surface area contributed by atoms with Crippen LogP contribution in [0.15, 0.2) is 533 Å². The molecule has 0 N–H and O–H groups in total. The minimum Gasteiger partial charge on any atom is -0.744 e. The smallest absolute Gasteiger partial charge is 0.358 e. The number of carboxylic acids is 5. The topological polar surface area (TPSA) is 258 Å². The van der Waals surface area contributed by atoms with E-state index in [9.17, 15) is 66.9 Å². The van der Waals surface area contributed by atoms with Crippen LogP contribution in [0.1, 0.15) is 131 Å². The molecule has 0 fully saturated rings. The monoisotopic (exact) mass is 2080 g/mol. The van der Waals surface area contributed by atoms with Crippen molar-refractivity contribution in [2.24, 2.45) is 0 Å². The third-order valence-corrected chi connectivity index (χ3v) is 36.7. The molecule has 0 saturated carbocycles. The Morgan fingerprint density at radius 3 is 0.707 bits per heavy atom. The van der Waals surface area contributed by atoms with Gasteiger partial charge in [-0.1, -0.05) is 305 Å². The highest BCUT2D eigenvalue weighted by atomic mass is 127. The van der Waals surface area contributed by atoms with Gasteiger partial charge < -0.3 is 54.1 Å². The van der Waals surface area contributed by atoms with Crippen molar-refractivity contribution in [3.63, 3.8) is 0 Å². The number of hydrogen-bond acceptors (Lipinski definition) is 13. The third kappa shape index (κ3) is 28.8. The average molecular weight is 2080 g/mol. The Bertz CT molecular complexity index is 6910. The van der Waals surface area contributed by atoms with Crippen molar-refractivity contribution in [1.82, 2.24) is 0 Å². The standard InChI is InChI=1S/C27H30O2S.C23H22O2S.C19H13FO2S.C19H14O2S.C18H14O3S2.C13H9IO2/c1-26(2,3)19-11-15-21(16-12-19)30(24-10-8-7-9-23(24)25(28)29)22-17-13-20(14-18-22)27(4,5)6;1-23(2,3)17-13-15-19(16-14-17)26(18-9-5-4-6-10-18)21-12-8-7-11-20(21)22(24)25;20-14-11-12-17(19(21)22)18(13-14)23(15-7-3-1-4-8-15)16-9-5-2-6-10-16;20-19(21)17-13-7-8-14-18(17)22(15-9-3-1-4-10-15)16-11-5-2-6-12-16;19-23(20,21)18-14-8-7-13-17(18)22(15-9-3-1-4-10-15)16-11-5-2-6-12-16;15-13(16)11-8-4-5-9-12(11)14-10-6-2-1-3-7-10/h7-18H,1-6H3;4-16H,1-3H3;1-13H;1-14H;1-14H;1-9H. The van der Waals surface area contributed by atoms with Gasteiger partial charge in [0.15, 0.2) is 77.0 Å². The van der Waals surface area contributed by atoms with Crippen LogP contribution in [0.4, 0.5) is 4.39 Å². The molecule has 1 unspecified atom stereocenters. The molecule has 0 aromatic heterocycles. The first-order valence-electron chi connectivity index (χ1n) is 44.5. The van der Waals surface area contributed by atoms with Gasteiger partial charge in [-0.15, -0.1) is 0 Å². The van der Waals surface area contributed by atoms with E-state index in [1.54, 1.807) is 66.7 Å². The average Bonchev–Trinajstić information content (AvgIpc) is 0.780. The molecule has 17 aromatic rings. The van der Waals surface area contributed by atoms with Crippen molar-refractivity contribution in [2.75, 3.05) is 0 Å². The molecule has 0 aliphatic heterocycles. The van der Waals surface area contributed by atoms with Crippen LogP contribution in [0.3, 0.4) is 0 Å². The van der Waals surface area contributed by atoms with E-state index >= 15 is 0 Å². The van der Waals surface area contributed by atoms with Crippen molar-refractivity contribution in [3.05, 3.63) is 512 Å². The number of carbonyl (C=O) groups is 5. The molecular weight excluding hydrogens is 1980 g/mol. The van der Waals surface area contributed by atoms with Crippen LogP contribution in [0.5, 0.6) is 0 Å². The summed E-state index contributed by atoms with van der Waals surface area (Å²) in [5, 5.41) is 57.4. The maximum Gasteiger partial charge on any atom is 0.358 e. The van der Waals surface area contributed by atoms with E-state index in [4.69, 9.17) is 0 Å². The van der Waals surface area contributed by atoms with Crippen LogP contribution in [-0.4, -0.2) is 42.8 Å². The molecule has 17 rings (SSSR count). The third-order valence-electron chi connectivity index (χ3n) is 21.5. The summed E-state index contributed by atoms with van der Waals surface area (Å²) >= 11 is -0.447. The number of aromatic carboxylic acids is 5. The van der Waals surface area contributed by atoms with Gasteiger partial charge in [0.2, 0.25) is 3.57 Å². The minimum absolute atomic E-state index is 0.0161. The molecule has 0 aliphatic carbocycles. The molecule has 0 bridgehead atoms. The van der Waals surface area contributed by atoms with Crippen molar-refractivity contribution < 1.29 is 88.1 Å². The predicted octanol–water partition coefficient (Wildman–Crippen LogP) is 18.5. The van der Waals surface area contributed by atoms with Gasteiger partial charge in [0.05, 0.1) is 90.3 Å². The second-order valence-corrected chi connectivity index (χ2v) is 48.7. The highest BCUT2D eigenvalue weighted by Gasteiger charge is 2.38. The van der Waals surface area contributed by atoms with E-state index in [0.29, 0.717) is 15.4 Å². The summed E-state index contributed by atoms with van der Waals surface area (Å²) in [4.78, 5) is 70.9. The van der Waals surface area contributed by atoms with Gasteiger partial charge in [0.25, 0.3) is 0 Å². The number of benzene rings is 17. The molecule has 0 heterocycles. The Morgan fingerprint density at radius 2 is 0.443 bits per heavy atom. The normalized spacial score (nSPS) is 11.4. The second-order valence-electron chi connectivity index (χ2n) is 34.4. The number of carbonyl (C=O) groups excluding carboxylic acids is 5. The molecule has 0 spiro atoms. The van der Waals surface area contributed by atoms with Crippen molar-refractivity contribution in [2.45, 2.75) is 157 Å². The first-order valence-corrected chi connectivity index (χ1v) is 54.2. The second kappa shape index (κ2) is 49.8. The maximum atomic E-state index is 13.8. The highest BCUT2D eigenvalue weighted by Crippen LogP contribution is 2.41. The summed E-state index contributed by atoms with van der Waals surface area (Å²) in [6.45, 7) is 19.7. The summed E-state index contributed by atoms with van der Waals surface area (Å²) in [5.74, 6) is -6.27. The minimum atomic E-state index is -4.54. The van der Waals surface area contributed by atoms with Gasteiger partial charge in [-0.2, -0.15) is 0 Å². The largest absolute Gasteiger partial charge is 0.744 e. The zero-order valence-electron chi connectivity index (χ0n) is 78.3. The first kappa shape index (κ1) is 105. The van der Waals surface area contributed by atoms with Crippen LogP contribution in [-0.2, 0) is 80.8 Å². The van der Waals surface area contributed by atoms with E-state index < -0.39 is 121 Å². The summed E-state index contributed by atoms with van der Waals surface area (Å²) in [7, 11) is -7.42. The lowest BCUT2D eigenvalue weighted by molar-refractivity contribution is -0.598. The van der Waals surface area contributed by atoms with Gasteiger partial charge in [-0.05, 0) is 239 Å². The Labute approximate surface area is 844 Å². The van der Waals surface area contributed by atoms with Gasteiger partial charge in [0, 0.05) is 6.07 Å². The number of hydrogen-bond donors (Lipinski definition) is 0. The molecule has 0 aliphatic rings. The zero-order valence-corrected chi connectivity index (χ0v) is 85.4. The zero-order chi connectivity index (χ0) is 100. The van der Waals surface area contributed by atoms with Crippen LogP contribution < -0.4 is 46.7 Å². The molecule has 0 saturated heterocycles. The number of rotatable bonds is 23. The summed E-state index contributed by atoms with van der Waals surface area (Å²) < 4.78 is 50.9. The van der Waals surface area contributed by atoms with Gasteiger partial charge in [-0.3, -0.25) is 0 Å². The Balaban J connectivity index is 0.000000152. The molecule has 706 valence electrons. The van der Waals surface area contributed by atoms with E-state index in [1.807, 2.05) is 291 Å². The van der Waals surface area contributed by atoms with Gasteiger partial charge in [0.1, 0.15) is 42.6 Å². The van der Waals surface area contributed by atoms with E-state index in [1.165, 1.54) is 38.5 Å². The van der Waals surface area contributed by atoms with Gasteiger partial charge >= 0.3 is 21.2 Å². The molecule has 21 heteroatoms. The van der Waals surface area contributed by atoms with E-state index in [-0.39, 0.29) is 43.4 Å². The summed E-state index contributed by atoms with van der Waals surface area (Å²) in [6, 6.07) is 142. The quantitative estimate of drug-likeness (QED) is 0.0328. The lowest BCUT2D eigenvalue weighted by atomic mass is 9.87. The Hall–Kier alpha value is -13.6. The van der Waals surface area contributed by atoms with Crippen LogP contribution in [0, 0.1) is 13.0 Å². The number of halogens is 2. The fraction of sp³-hybridized carbons (Fsp3) is 0.101. The fourth-order valence-electron chi connectivity index (χ4n) is 14.5. The molecule has 0 amide bonds. The van der Waals surface area contributed by atoms with E-state index in [2.05, 4.69) is 135 Å². The van der Waals surface area contributed by atoms with E-state index in [0.717, 1.165) is 73.3 Å². The molecule has 0 radical (unpaired) electrons. The summed E-state index contributed by atoms with van der Waals surface area (Å²) in [6.07, 6.45) is 0. The fourth-order valence-corrected chi connectivity index (χ4v) is 29.1. The summed E-state index contributed by atoms with van der Waals surface area (Å²) in [5.41, 5.74) is 5.05. The lowest BCUT2D eigenvalue weighted by Gasteiger charge is -2.20. The van der Waals surface area contributed by atoms with Gasteiger partial charge in [-0.25, -0.2) is 12.8 Å². The van der Waals surface area contributed by atoms with Crippen LogP contribution >= 0.6 is 0 Å². The van der Waals surface area contributed by atoms with Crippen molar-refractivity contribution >= 4 is 94.4 Å². The molecule has 1 atom stereocenters. The molecule has 17 aromatic carbocycles.